The summed E-state index contributed by atoms with van der Waals surface area (Å²) in [6.07, 6.45) is 6.35. The molecule has 1 aromatic rings. The van der Waals surface area contributed by atoms with Crippen molar-refractivity contribution in [3.05, 3.63) is 40.9 Å². The van der Waals surface area contributed by atoms with Crippen molar-refractivity contribution in [1.29, 1.82) is 0 Å². The molecular formula is C17H21BF2N2O. The molecular weight excluding hydrogens is 297 g/mol. The minimum Gasteiger partial charge on any atom is -0.329 e. The Morgan fingerprint density at radius 3 is 2.65 bits per heavy atom. The third kappa shape index (κ3) is 4.06. The largest absolute Gasteiger partial charge is 0.677 e. The first-order valence-electron chi connectivity index (χ1n) is 7.76. The molecule has 0 amide bonds. The number of carbonyl (C=O) groups excluding carboxylic acids is 1. The van der Waals surface area contributed by atoms with Crippen LogP contribution in [0, 0.1) is 19.8 Å². The van der Waals surface area contributed by atoms with Gasteiger partial charge in [-0.25, -0.2) is 0 Å². The van der Waals surface area contributed by atoms with Crippen molar-refractivity contribution >= 4 is 25.0 Å². The number of halogens is 2. The van der Waals surface area contributed by atoms with E-state index >= 15 is 0 Å². The second-order valence-corrected chi connectivity index (χ2v) is 6.13. The molecule has 122 valence electrons. The Kier molecular flexibility index (Phi) is 5.34. The lowest BCUT2D eigenvalue weighted by Gasteiger charge is -2.05. The second kappa shape index (κ2) is 7.07. The summed E-state index contributed by atoms with van der Waals surface area (Å²) in [4.78, 5) is 16.1. The van der Waals surface area contributed by atoms with E-state index < -0.39 is 7.40 Å². The summed E-state index contributed by atoms with van der Waals surface area (Å²) in [7, 11) is -2.58. The highest BCUT2D eigenvalue weighted by Crippen LogP contribution is 2.22. The molecule has 0 unspecified atom stereocenters. The third-order valence-electron chi connectivity index (χ3n) is 3.94. The van der Waals surface area contributed by atoms with Gasteiger partial charge in [0.1, 0.15) is 5.78 Å². The van der Waals surface area contributed by atoms with Crippen LogP contribution in [0.5, 0.6) is 0 Å². The van der Waals surface area contributed by atoms with E-state index in [2.05, 4.69) is 4.99 Å². The fourth-order valence-electron chi connectivity index (χ4n) is 2.60. The zero-order chi connectivity index (χ0) is 17.1. The summed E-state index contributed by atoms with van der Waals surface area (Å²) in [6, 6.07) is 1.74. The van der Waals surface area contributed by atoms with Crippen LogP contribution in [0.15, 0.2) is 28.9 Å². The van der Waals surface area contributed by atoms with E-state index in [-0.39, 0.29) is 11.7 Å². The van der Waals surface area contributed by atoms with Crippen molar-refractivity contribution in [3.8, 4) is 0 Å². The smallest absolute Gasteiger partial charge is 0.329 e. The number of Topliss-reactive ketones (excluding diaryl/α,β-unsaturated/α-hetero) is 1. The lowest BCUT2D eigenvalue weighted by atomic mass is 10.0. The molecule has 23 heavy (non-hydrogen) atoms. The van der Waals surface area contributed by atoms with Crippen LogP contribution >= 0.6 is 0 Å². The molecule has 2 heterocycles. The molecule has 0 aliphatic carbocycles. The molecule has 0 radical (unpaired) electrons. The summed E-state index contributed by atoms with van der Waals surface area (Å²) >= 11 is 0. The van der Waals surface area contributed by atoms with Crippen molar-refractivity contribution in [1.82, 2.24) is 4.48 Å². The average Bonchev–Trinajstić information content (AvgIpc) is 3.01. The fourth-order valence-corrected chi connectivity index (χ4v) is 2.60. The topological polar surface area (TPSA) is 34.4 Å². The molecule has 0 bridgehead atoms. The van der Waals surface area contributed by atoms with E-state index in [1.54, 1.807) is 25.1 Å². The van der Waals surface area contributed by atoms with Crippen molar-refractivity contribution in [2.75, 3.05) is 0 Å². The van der Waals surface area contributed by atoms with Crippen LogP contribution in [0.2, 0.25) is 0 Å². The number of ketones is 1. The zero-order valence-corrected chi connectivity index (χ0v) is 13.9. The van der Waals surface area contributed by atoms with Crippen molar-refractivity contribution in [2.45, 2.75) is 40.5 Å². The first-order chi connectivity index (χ1) is 10.8. The van der Waals surface area contributed by atoms with Gasteiger partial charge in [0, 0.05) is 29.4 Å². The Hall–Kier alpha value is -1.98. The number of aliphatic imine (C=N–C) groups is 1. The van der Waals surface area contributed by atoms with Gasteiger partial charge in [-0.3, -0.25) is 18.4 Å². The van der Waals surface area contributed by atoms with Gasteiger partial charge in [0.05, 0.1) is 5.70 Å². The Labute approximate surface area is 136 Å². The molecule has 2 rings (SSSR count). The summed E-state index contributed by atoms with van der Waals surface area (Å²) < 4.78 is 27.4. The number of rotatable bonds is 6. The van der Waals surface area contributed by atoms with Crippen LogP contribution in [0.25, 0.3) is 6.08 Å². The molecule has 1 aliphatic rings. The van der Waals surface area contributed by atoms with Gasteiger partial charge in [-0.15, -0.1) is 0 Å². The molecule has 0 aromatic carbocycles. The lowest BCUT2D eigenvalue weighted by Crippen LogP contribution is -2.16. The maximum absolute atomic E-state index is 13.2. The predicted octanol–water partition coefficient (Wildman–Crippen LogP) is 4.23. The maximum atomic E-state index is 13.2. The highest BCUT2D eigenvalue weighted by Gasteiger charge is 2.23. The molecule has 0 spiro atoms. The molecule has 3 nitrogen and oxygen atoms in total. The zero-order valence-electron chi connectivity index (χ0n) is 13.9. The standard InChI is InChI=1S/C17H21BF2N2O/c1-11(2)17(23)8-7-14-5-6-15(21-14)10-16-12(3)9-13(4)22(16)18(19)20/h5-6,9-11H,7-8H2,1-4H3/b15-10-. The van der Waals surface area contributed by atoms with Gasteiger partial charge in [-0.05, 0) is 50.1 Å². The van der Waals surface area contributed by atoms with E-state index in [9.17, 15) is 13.4 Å². The summed E-state index contributed by atoms with van der Waals surface area (Å²) in [5.41, 5.74) is 3.25. The molecule has 0 fully saturated rings. The molecule has 1 aliphatic heterocycles. The van der Waals surface area contributed by atoms with Gasteiger partial charge >= 0.3 is 7.40 Å². The fraction of sp³-hybridized carbons (Fsp3) is 0.412. The first-order valence-corrected chi connectivity index (χ1v) is 7.76. The van der Waals surface area contributed by atoms with E-state index in [1.165, 1.54) is 0 Å². The molecule has 6 heteroatoms. The van der Waals surface area contributed by atoms with Crippen LogP contribution in [0.4, 0.5) is 8.63 Å². The van der Waals surface area contributed by atoms with E-state index in [4.69, 9.17) is 0 Å². The van der Waals surface area contributed by atoms with Gasteiger partial charge in [-0.1, -0.05) is 13.8 Å². The minimum absolute atomic E-state index is 0.0240. The van der Waals surface area contributed by atoms with E-state index in [1.807, 2.05) is 26.8 Å². The monoisotopic (exact) mass is 318 g/mol. The number of hydrogen-bond donors (Lipinski definition) is 0. The number of carbonyl (C=O) groups is 1. The maximum Gasteiger partial charge on any atom is 0.677 e. The van der Waals surface area contributed by atoms with Crippen LogP contribution in [-0.4, -0.2) is 23.4 Å². The van der Waals surface area contributed by atoms with E-state index in [0.717, 1.165) is 15.8 Å². The van der Waals surface area contributed by atoms with Gasteiger partial charge in [0.25, 0.3) is 0 Å². The second-order valence-electron chi connectivity index (χ2n) is 6.13. The van der Waals surface area contributed by atoms with Crippen LogP contribution in [0.1, 0.15) is 43.6 Å². The Morgan fingerprint density at radius 1 is 1.35 bits per heavy atom. The lowest BCUT2D eigenvalue weighted by molar-refractivity contribution is -0.121. The minimum atomic E-state index is -2.58. The number of hydrogen-bond acceptors (Lipinski definition) is 2. The normalized spacial score (nSPS) is 15.6. The van der Waals surface area contributed by atoms with Gasteiger partial charge in [-0.2, -0.15) is 0 Å². The average molecular weight is 318 g/mol. The third-order valence-corrected chi connectivity index (χ3v) is 3.94. The van der Waals surface area contributed by atoms with Gasteiger partial charge in [0.2, 0.25) is 0 Å². The molecule has 0 N–H and O–H groups in total. The highest BCUT2D eigenvalue weighted by atomic mass is 19.2. The van der Waals surface area contributed by atoms with Gasteiger partial charge in [0.15, 0.2) is 0 Å². The molecule has 0 saturated heterocycles. The molecule has 0 saturated carbocycles. The van der Waals surface area contributed by atoms with Crippen LogP contribution in [-0.2, 0) is 4.79 Å². The van der Waals surface area contributed by atoms with E-state index in [0.29, 0.717) is 29.9 Å². The van der Waals surface area contributed by atoms with Crippen molar-refractivity contribution in [3.63, 3.8) is 0 Å². The first kappa shape index (κ1) is 17.4. The highest BCUT2D eigenvalue weighted by molar-refractivity contribution is 6.41. The number of nitrogens with zero attached hydrogens (tertiary/aromatic N) is 2. The number of allylic oxidation sites excluding steroid dienone is 2. The molecule has 1 aromatic heterocycles. The predicted molar refractivity (Wildman–Crippen MR) is 90.9 cm³/mol. The Bertz CT molecular complexity index is 700. The quantitative estimate of drug-likeness (QED) is 0.723. The Morgan fingerprint density at radius 2 is 2.04 bits per heavy atom. The van der Waals surface area contributed by atoms with Crippen LogP contribution in [0.3, 0.4) is 0 Å². The van der Waals surface area contributed by atoms with Gasteiger partial charge < -0.3 is 4.48 Å². The number of aromatic nitrogens is 1. The number of aryl methyl sites for hydroxylation is 2. The summed E-state index contributed by atoms with van der Waals surface area (Å²) in [5.74, 6) is 0.229. The Balaban J connectivity index is 2.17. The van der Waals surface area contributed by atoms with Crippen molar-refractivity contribution < 1.29 is 13.4 Å². The summed E-state index contributed by atoms with van der Waals surface area (Å²) in [6.45, 7) is 7.23. The summed E-state index contributed by atoms with van der Waals surface area (Å²) in [5, 5.41) is 0. The SMILES string of the molecule is Cc1cc(C)n(B(F)F)c1/C=C1/C=CC(CCC(=O)C(C)C)=N1. The molecule has 0 atom stereocenters. The van der Waals surface area contributed by atoms with Crippen LogP contribution < -0.4 is 0 Å². The van der Waals surface area contributed by atoms with Crippen molar-refractivity contribution in [2.24, 2.45) is 10.9 Å².